The normalized spacial score (nSPS) is 23.4. The van der Waals surface area contributed by atoms with Crippen molar-refractivity contribution in [3.8, 4) is 0 Å². The third-order valence-electron chi connectivity index (χ3n) is 4.38. The maximum absolute atomic E-state index is 12.4. The highest BCUT2D eigenvalue weighted by Crippen LogP contribution is 2.50. The molecule has 0 aromatic carbocycles. The van der Waals surface area contributed by atoms with Crippen LogP contribution in [0.15, 0.2) is 35.7 Å². The van der Waals surface area contributed by atoms with Crippen molar-refractivity contribution in [1.82, 2.24) is 0 Å². The van der Waals surface area contributed by atoms with Crippen LogP contribution in [-0.4, -0.2) is 13.2 Å². The zero-order valence-electron chi connectivity index (χ0n) is 15.5. The van der Waals surface area contributed by atoms with Crippen molar-refractivity contribution >= 4 is 7.60 Å². The summed E-state index contributed by atoms with van der Waals surface area (Å²) in [4.78, 5) is 0. The molecule has 3 nitrogen and oxygen atoms in total. The lowest BCUT2D eigenvalue weighted by Gasteiger charge is -2.36. The standard InChI is InChI=1S/C19H33O3P/c1-7-21-23(20,22-8-2)15-13-16(3)11-12-18-17(4)10-9-14-19(18,5)6/h10-13,15-16,18H,7-9,14H2,1-6H3/b12-11+,15-13+. The number of allylic oxidation sites excluding steroid dienone is 5. The summed E-state index contributed by atoms with van der Waals surface area (Å²) in [7, 11) is -3.09. The van der Waals surface area contributed by atoms with Crippen LogP contribution in [0.3, 0.4) is 0 Å². The van der Waals surface area contributed by atoms with E-state index in [1.54, 1.807) is 5.82 Å². The van der Waals surface area contributed by atoms with Crippen molar-refractivity contribution in [2.24, 2.45) is 17.3 Å². The quantitative estimate of drug-likeness (QED) is 0.382. The topological polar surface area (TPSA) is 35.5 Å². The minimum atomic E-state index is -3.09. The predicted octanol–water partition coefficient (Wildman–Crippen LogP) is 6.34. The summed E-state index contributed by atoms with van der Waals surface area (Å²) < 4.78 is 23.0. The van der Waals surface area contributed by atoms with E-state index in [2.05, 4.69) is 45.9 Å². The Hall–Kier alpha value is -0.630. The summed E-state index contributed by atoms with van der Waals surface area (Å²) in [5.41, 5.74) is 1.74. The summed E-state index contributed by atoms with van der Waals surface area (Å²) in [6, 6.07) is 0. The predicted molar refractivity (Wildman–Crippen MR) is 98.6 cm³/mol. The summed E-state index contributed by atoms with van der Waals surface area (Å²) in [5, 5.41) is 0. The van der Waals surface area contributed by atoms with Crippen LogP contribution in [0, 0.1) is 17.3 Å². The maximum atomic E-state index is 12.4. The second-order valence-electron chi connectivity index (χ2n) is 6.91. The van der Waals surface area contributed by atoms with Gasteiger partial charge in [-0.15, -0.1) is 0 Å². The van der Waals surface area contributed by atoms with Crippen LogP contribution in [0.1, 0.15) is 54.4 Å². The van der Waals surface area contributed by atoms with E-state index in [1.807, 2.05) is 19.9 Å². The molecule has 0 N–H and O–H groups in total. The molecule has 0 radical (unpaired) electrons. The van der Waals surface area contributed by atoms with Crippen LogP contribution in [-0.2, 0) is 13.6 Å². The van der Waals surface area contributed by atoms with Crippen LogP contribution in [0.25, 0.3) is 0 Å². The van der Waals surface area contributed by atoms with Gasteiger partial charge in [-0.2, -0.15) is 0 Å². The lowest BCUT2D eigenvalue weighted by atomic mass is 9.68. The molecule has 2 atom stereocenters. The van der Waals surface area contributed by atoms with Gasteiger partial charge in [0.2, 0.25) is 0 Å². The van der Waals surface area contributed by atoms with E-state index in [0.29, 0.717) is 24.5 Å². The Morgan fingerprint density at radius 1 is 1.30 bits per heavy atom. The van der Waals surface area contributed by atoms with E-state index in [4.69, 9.17) is 9.05 Å². The third kappa shape index (κ3) is 6.41. The fraction of sp³-hybridized carbons (Fsp3) is 0.684. The van der Waals surface area contributed by atoms with Gasteiger partial charge >= 0.3 is 7.60 Å². The van der Waals surface area contributed by atoms with Gasteiger partial charge in [0.25, 0.3) is 0 Å². The highest BCUT2D eigenvalue weighted by atomic mass is 31.2. The Balaban J connectivity index is 2.76. The molecular formula is C19H33O3P. The molecule has 1 rings (SSSR count). The largest absolute Gasteiger partial charge is 0.353 e. The number of hydrogen-bond donors (Lipinski definition) is 0. The highest BCUT2D eigenvalue weighted by Gasteiger charge is 2.30. The molecule has 0 aromatic heterocycles. The van der Waals surface area contributed by atoms with Gasteiger partial charge < -0.3 is 9.05 Å². The molecule has 1 aliphatic rings. The van der Waals surface area contributed by atoms with Gasteiger partial charge in [0.1, 0.15) is 0 Å². The van der Waals surface area contributed by atoms with Crippen molar-refractivity contribution in [3.63, 3.8) is 0 Å². The van der Waals surface area contributed by atoms with Crippen molar-refractivity contribution in [2.45, 2.75) is 54.4 Å². The molecule has 0 saturated heterocycles. The molecule has 0 fully saturated rings. The first-order valence-corrected chi connectivity index (χ1v) is 10.3. The Kier molecular flexibility index (Phi) is 8.00. The van der Waals surface area contributed by atoms with Crippen LogP contribution in [0.5, 0.6) is 0 Å². The van der Waals surface area contributed by atoms with E-state index in [1.165, 1.54) is 18.4 Å². The molecule has 1 aliphatic carbocycles. The van der Waals surface area contributed by atoms with Crippen molar-refractivity contribution in [3.05, 3.63) is 35.7 Å². The van der Waals surface area contributed by atoms with Crippen LogP contribution in [0.4, 0.5) is 0 Å². The van der Waals surface area contributed by atoms with Crippen molar-refractivity contribution in [1.29, 1.82) is 0 Å². The zero-order chi connectivity index (χ0) is 17.5. The van der Waals surface area contributed by atoms with Gasteiger partial charge in [0, 0.05) is 11.7 Å². The average Bonchev–Trinajstić information content (AvgIpc) is 2.44. The molecule has 23 heavy (non-hydrogen) atoms. The monoisotopic (exact) mass is 340 g/mol. The molecule has 0 aromatic rings. The smallest absolute Gasteiger partial charge is 0.306 e. The van der Waals surface area contributed by atoms with Crippen molar-refractivity contribution in [2.75, 3.05) is 13.2 Å². The number of rotatable bonds is 8. The third-order valence-corrected chi connectivity index (χ3v) is 6.16. The van der Waals surface area contributed by atoms with E-state index >= 15 is 0 Å². The lowest BCUT2D eigenvalue weighted by Crippen LogP contribution is -2.26. The van der Waals surface area contributed by atoms with Crippen LogP contribution < -0.4 is 0 Å². The minimum absolute atomic E-state index is 0.190. The molecular weight excluding hydrogens is 307 g/mol. The molecule has 0 heterocycles. The highest BCUT2D eigenvalue weighted by molar-refractivity contribution is 7.57. The molecule has 132 valence electrons. The fourth-order valence-electron chi connectivity index (χ4n) is 3.06. The Labute approximate surface area is 142 Å². The van der Waals surface area contributed by atoms with E-state index in [0.717, 1.165) is 0 Å². The van der Waals surface area contributed by atoms with Gasteiger partial charge in [-0.1, -0.05) is 50.6 Å². The maximum Gasteiger partial charge on any atom is 0.353 e. The van der Waals surface area contributed by atoms with Gasteiger partial charge in [-0.05, 0) is 44.9 Å². The van der Waals surface area contributed by atoms with Crippen LogP contribution in [0.2, 0.25) is 0 Å². The summed E-state index contributed by atoms with van der Waals surface area (Å²) >= 11 is 0. The van der Waals surface area contributed by atoms with E-state index < -0.39 is 7.60 Å². The molecule has 4 heteroatoms. The first-order valence-electron chi connectivity index (χ1n) is 8.67. The summed E-state index contributed by atoms with van der Waals surface area (Å²) in [6.07, 6.45) is 11.1. The second kappa shape index (κ2) is 9.01. The molecule has 0 spiro atoms. The Morgan fingerprint density at radius 2 is 1.91 bits per heavy atom. The van der Waals surface area contributed by atoms with Gasteiger partial charge in [0.05, 0.1) is 13.2 Å². The van der Waals surface area contributed by atoms with E-state index in [9.17, 15) is 4.57 Å². The SMILES string of the molecule is CCOP(=O)(/C=C/C(C)/C=C/C1C(C)=CCCC1(C)C)OCC. The molecule has 2 unspecified atom stereocenters. The summed E-state index contributed by atoms with van der Waals surface area (Å²) in [6.45, 7) is 13.4. The number of hydrogen-bond acceptors (Lipinski definition) is 3. The minimum Gasteiger partial charge on any atom is -0.306 e. The second-order valence-corrected chi connectivity index (χ2v) is 8.81. The zero-order valence-corrected chi connectivity index (χ0v) is 16.4. The first-order chi connectivity index (χ1) is 10.7. The van der Waals surface area contributed by atoms with Crippen molar-refractivity contribution < 1.29 is 13.6 Å². The average molecular weight is 340 g/mol. The molecule has 0 amide bonds. The lowest BCUT2D eigenvalue weighted by molar-refractivity contribution is 0.228. The van der Waals surface area contributed by atoms with E-state index in [-0.39, 0.29) is 5.92 Å². The first kappa shape index (κ1) is 20.4. The molecule has 0 bridgehead atoms. The Bertz CT molecular complexity index is 493. The molecule has 0 aliphatic heterocycles. The van der Waals surface area contributed by atoms with Gasteiger partial charge in [-0.25, -0.2) is 0 Å². The molecule has 0 saturated carbocycles. The Morgan fingerprint density at radius 3 is 2.43 bits per heavy atom. The fourth-order valence-corrected chi connectivity index (χ4v) is 4.51. The van der Waals surface area contributed by atoms with Gasteiger partial charge in [0.15, 0.2) is 0 Å². The summed E-state index contributed by atoms with van der Waals surface area (Å²) in [5.74, 6) is 2.26. The van der Waals surface area contributed by atoms with Gasteiger partial charge in [-0.3, -0.25) is 4.57 Å². The van der Waals surface area contributed by atoms with Crippen LogP contribution >= 0.6 is 7.60 Å².